The lowest BCUT2D eigenvalue weighted by Gasteiger charge is -2.34. The topological polar surface area (TPSA) is 69.7 Å². The monoisotopic (exact) mass is 365 g/mol. The highest BCUT2D eigenvalue weighted by atomic mass is 32.2. The van der Waals surface area contributed by atoms with E-state index >= 15 is 0 Å². The molecular weight excluding hydrogens is 338 g/mol. The first-order valence-corrected chi connectivity index (χ1v) is 10.6. The number of rotatable bonds is 4. The van der Waals surface area contributed by atoms with Gasteiger partial charge in [-0.05, 0) is 36.7 Å². The molecule has 0 spiro atoms. The van der Waals surface area contributed by atoms with E-state index in [4.69, 9.17) is 0 Å². The van der Waals surface area contributed by atoms with E-state index in [9.17, 15) is 13.2 Å². The minimum atomic E-state index is -3.25. The number of amides is 2. The van der Waals surface area contributed by atoms with Crippen LogP contribution >= 0.6 is 0 Å². The highest BCUT2D eigenvalue weighted by Gasteiger charge is 2.36. The fraction of sp³-hybridized carbons (Fsp3) is 0.611. The van der Waals surface area contributed by atoms with E-state index in [1.807, 2.05) is 35.2 Å². The summed E-state index contributed by atoms with van der Waals surface area (Å²) < 4.78 is 27.0. The first-order valence-electron chi connectivity index (χ1n) is 8.98. The summed E-state index contributed by atoms with van der Waals surface area (Å²) in [5.41, 5.74) is 0.838. The van der Waals surface area contributed by atoms with Gasteiger partial charge in [0, 0.05) is 33.2 Å². The summed E-state index contributed by atoms with van der Waals surface area (Å²) in [5.74, 6) is 1.01. The molecule has 0 aliphatic carbocycles. The van der Waals surface area contributed by atoms with Crippen LogP contribution in [-0.2, 0) is 15.8 Å². The van der Waals surface area contributed by atoms with Crippen LogP contribution in [0, 0.1) is 11.8 Å². The average Bonchev–Trinajstić information content (AvgIpc) is 3.13. The SMILES string of the molecule is CNC(=O)N1CCC(C2CCN(S(=O)(=O)Cc3ccccc3)C2)CC1. The quantitative estimate of drug-likeness (QED) is 0.886. The molecule has 1 aromatic carbocycles. The van der Waals surface area contributed by atoms with Crippen molar-refractivity contribution in [1.82, 2.24) is 14.5 Å². The number of piperidine rings is 1. The molecule has 1 N–H and O–H groups in total. The van der Waals surface area contributed by atoms with E-state index in [1.54, 1.807) is 11.4 Å². The van der Waals surface area contributed by atoms with Gasteiger partial charge in [-0.25, -0.2) is 17.5 Å². The van der Waals surface area contributed by atoms with E-state index < -0.39 is 10.0 Å². The number of urea groups is 1. The van der Waals surface area contributed by atoms with Gasteiger partial charge in [0.05, 0.1) is 5.75 Å². The van der Waals surface area contributed by atoms with Crippen molar-refractivity contribution in [1.29, 1.82) is 0 Å². The molecule has 2 amide bonds. The molecule has 2 saturated heterocycles. The molecule has 0 saturated carbocycles. The third-order valence-corrected chi connectivity index (χ3v) is 7.30. The Morgan fingerprint density at radius 1 is 1.08 bits per heavy atom. The van der Waals surface area contributed by atoms with Crippen LogP contribution < -0.4 is 5.32 Å². The Labute approximate surface area is 150 Å². The smallest absolute Gasteiger partial charge is 0.317 e. The van der Waals surface area contributed by atoms with Crippen molar-refractivity contribution in [3.63, 3.8) is 0 Å². The standard InChI is InChI=1S/C18H27N3O3S/c1-19-18(22)20-10-7-16(8-11-20)17-9-12-21(13-17)25(23,24)14-15-5-3-2-4-6-15/h2-6,16-17H,7-14H2,1H3,(H,19,22). The predicted molar refractivity (Wildman–Crippen MR) is 97.5 cm³/mol. The van der Waals surface area contributed by atoms with Gasteiger partial charge in [-0.1, -0.05) is 30.3 Å². The largest absolute Gasteiger partial charge is 0.341 e. The van der Waals surface area contributed by atoms with Gasteiger partial charge in [0.15, 0.2) is 0 Å². The number of nitrogens with zero attached hydrogens (tertiary/aromatic N) is 2. The Balaban J connectivity index is 1.54. The molecule has 3 rings (SSSR count). The molecule has 2 fully saturated rings. The number of likely N-dealkylation sites (tertiary alicyclic amines) is 1. The molecule has 25 heavy (non-hydrogen) atoms. The molecule has 0 aromatic heterocycles. The van der Waals surface area contributed by atoms with Crippen molar-refractivity contribution in [2.24, 2.45) is 11.8 Å². The van der Waals surface area contributed by atoms with Crippen molar-refractivity contribution in [3.8, 4) is 0 Å². The fourth-order valence-electron chi connectivity index (χ4n) is 4.00. The molecule has 2 heterocycles. The van der Waals surface area contributed by atoms with Crippen LogP contribution in [0.2, 0.25) is 0 Å². The molecule has 1 aromatic rings. The van der Waals surface area contributed by atoms with Crippen molar-refractivity contribution in [2.45, 2.75) is 25.0 Å². The number of nitrogens with one attached hydrogen (secondary N) is 1. The van der Waals surface area contributed by atoms with Crippen LogP contribution in [0.3, 0.4) is 0 Å². The predicted octanol–water partition coefficient (Wildman–Crippen LogP) is 1.89. The third-order valence-electron chi connectivity index (χ3n) is 5.48. The van der Waals surface area contributed by atoms with E-state index in [0.29, 0.717) is 24.9 Å². The van der Waals surface area contributed by atoms with Crippen molar-refractivity contribution in [2.75, 3.05) is 33.2 Å². The summed E-state index contributed by atoms with van der Waals surface area (Å²) in [4.78, 5) is 13.5. The maximum absolute atomic E-state index is 12.7. The number of benzene rings is 1. The summed E-state index contributed by atoms with van der Waals surface area (Å²) in [6, 6.07) is 9.35. The minimum Gasteiger partial charge on any atom is -0.341 e. The highest BCUT2D eigenvalue weighted by Crippen LogP contribution is 2.33. The van der Waals surface area contributed by atoms with Crippen LogP contribution in [0.1, 0.15) is 24.8 Å². The third kappa shape index (κ3) is 4.33. The van der Waals surface area contributed by atoms with Crippen LogP contribution in [0.5, 0.6) is 0 Å². The molecule has 2 aliphatic rings. The zero-order valence-electron chi connectivity index (χ0n) is 14.7. The number of carbonyl (C=O) groups is 1. The number of sulfonamides is 1. The Kier molecular flexibility index (Phi) is 5.64. The Hall–Kier alpha value is -1.60. The van der Waals surface area contributed by atoms with E-state index in [2.05, 4.69) is 5.32 Å². The first-order chi connectivity index (χ1) is 12.0. The first kappa shape index (κ1) is 18.2. The van der Waals surface area contributed by atoms with Gasteiger partial charge in [0.1, 0.15) is 0 Å². The average molecular weight is 365 g/mol. The maximum atomic E-state index is 12.7. The van der Waals surface area contributed by atoms with E-state index in [0.717, 1.165) is 37.9 Å². The minimum absolute atomic E-state index is 0.0167. The number of hydrogen-bond acceptors (Lipinski definition) is 3. The summed E-state index contributed by atoms with van der Waals surface area (Å²) in [6.45, 7) is 2.77. The van der Waals surface area contributed by atoms with E-state index in [1.165, 1.54) is 0 Å². The number of hydrogen-bond donors (Lipinski definition) is 1. The van der Waals surface area contributed by atoms with Gasteiger partial charge < -0.3 is 10.2 Å². The number of carbonyl (C=O) groups excluding carboxylic acids is 1. The summed E-state index contributed by atoms with van der Waals surface area (Å²) in [7, 11) is -1.60. The van der Waals surface area contributed by atoms with Crippen LogP contribution in [-0.4, -0.2) is 56.9 Å². The van der Waals surface area contributed by atoms with E-state index in [-0.39, 0.29) is 11.8 Å². The lowest BCUT2D eigenvalue weighted by Crippen LogP contribution is -2.44. The van der Waals surface area contributed by atoms with Crippen molar-refractivity contribution in [3.05, 3.63) is 35.9 Å². The zero-order valence-corrected chi connectivity index (χ0v) is 15.5. The highest BCUT2D eigenvalue weighted by molar-refractivity contribution is 7.88. The molecule has 6 nitrogen and oxygen atoms in total. The molecule has 7 heteroatoms. The van der Waals surface area contributed by atoms with Gasteiger partial charge in [-0.15, -0.1) is 0 Å². The van der Waals surface area contributed by atoms with Gasteiger partial charge >= 0.3 is 6.03 Å². The second-order valence-corrected chi connectivity index (χ2v) is 9.00. The van der Waals surface area contributed by atoms with Gasteiger partial charge in [-0.2, -0.15) is 0 Å². The second kappa shape index (κ2) is 7.74. The molecule has 138 valence electrons. The molecule has 0 bridgehead atoms. The summed E-state index contributed by atoms with van der Waals surface area (Å²) in [5, 5.41) is 2.67. The van der Waals surface area contributed by atoms with Crippen molar-refractivity contribution >= 4 is 16.1 Å². The van der Waals surface area contributed by atoms with Gasteiger partial charge in [0.2, 0.25) is 10.0 Å². The van der Waals surface area contributed by atoms with Crippen LogP contribution in [0.25, 0.3) is 0 Å². The maximum Gasteiger partial charge on any atom is 0.317 e. The Morgan fingerprint density at radius 3 is 2.36 bits per heavy atom. The normalized spacial score (nSPS) is 22.9. The second-order valence-electron chi connectivity index (χ2n) is 7.03. The summed E-state index contributed by atoms with van der Waals surface area (Å²) in [6.07, 6.45) is 2.86. The molecule has 0 radical (unpaired) electrons. The van der Waals surface area contributed by atoms with Gasteiger partial charge in [-0.3, -0.25) is 0 Å². The fourth-order valence-corrected chi connectivity index (χ4v) is 5.60. The van der Waals surface area contributed by atoms with Crippen LogP contribution in [0.4, 0.5) is 4.79 Å². The zero-order chi connectivity index (χ0) is 17.9. The summed E-state index contributed by atoms with van der Waals surface area (Å²) >= 11 is 0. The lowest BCUT2D eigenvalue weighted by atomic mass is 9.84. The Morgan fingerprint density at radius 2 is 1.72 bits per heavy atom. The lowest BCUT2D eigenvalue weighted by molar-refractivity contribution is 0.153. The van der Waals surface area contributed by atoms with Gasteiger partial charge in [0.25, 0.3) is 0 Å². The molecule has 1 atom stereocenters. The molecule has 1 unspecified atom stereocenters. The molecule has 2 aliphatic heterocycles. The molecular formula is C18H27N3O3S. The Bertz CT molecular complexity index is 685. The van der Waals surface area contributed by atoms with Crippen LogP contribution in [0.15, 0.2) is 30.3 Å². The van der Waals surface area contributed by atoms with Crippen molar-refractivity contribution < 1.29 is 13.2 Å².